The fourth-order valence-corrected chi connectivity index (χ4v) is 2.58. The molecule has 0 radical (unpaired) electrons. The Morgan fingerprint density at radius 2 is 2.00 bits per heavy atom. The Morgan fingerprint density at radius 1 is 1.35 bits per heavy atom. The Labute approximate surface area is 138 Å². The molecule has 23 heavy (non-hydrogen) atoms. The van der Waals surface area contributed by atoms with Crippen molar-refractivity contribution in [2.24, 2.45) is 5.92 Å². The van der Waals surface area contributed by atoms with Gasteiger partial charge in [-0.3, -0.25) is 9.59 Å². The maximum Gasteiger partial charge on any atom is 0.225 e. The number of hydrogen-bond acceptors (Lipinski definition) is 3. The van der Waals surface area contributed by atoms with E-state index in [1.165, 1.54) is 0 Å². The van der Waals surface area contributed by atoms with Gasteiger partial charge < -0.3 is 15.0 Å². The first-order valence-electron chi connectivity index (χ1n) is 8.07. The minimum Gasteiger partial charge on any atom is -0.497 e. The second-order valence-electron chi connectivity index (χ2n) is 6.75. The number of nitrogens with one attached hydrogen (secondary N) is 1. The third-order valence-electron chi connectivity index (χ3n) is 4.46. The van der Waals surface area contributed by atoms with Gasteiger partial charge in [-0.2, -0.15) is 0 Å². The summed E-state index contributed by atoms with van der Waals surface area (Å²) in [6.45, 7) is 7.05. The first-order chi connectivity index (χ1) is 10.8. The Hall–Kier alpha value is -2.04. The molecule has 1 N–H and O–H groups in total. The van der Waals surface area contributed by atoms with Gasteiger partial charge in [0.2, 0.25) is 11.8 Å². The normalized spacial score (nSPS) is 18.2. The SMILES string of the molecule is CCC(C)(C)NC(=O)C1CC(=O)N(Cc2ccc(OC)cc2)C1. The van der Waals surface area contributed by atoms with Gasteiger partial charge in [0.15, 0.2) is 0 Å². The van der Waals surface area contributed by atoms with Crippen molar-refractivity contribution < 1.29 is 14.3 Å². The molecule has 1 heterocycles. The smallest absolute Gasteiger partial charge is 0.225 e. The summed E-state index contributed by atoms with van der Waals surface area (Å²) in [7, 11) is 1.63. The summed E-state index contributed by atoms with van der Waals surface area (Å²) >= 11 is 0. The van der Waals surface area contributed by atoms with E-state index in [1.807, 2.05) is 45.0 Å². The van der Waals surface area contributed by atoms with E-state index in [-0.39, 0.29) is 23.3 Å². The number of amides is 2. The summed E-state index contributed by atoms with van der Waals surface area (Å²) in [6, 6.07) is 7.65. The molecule has 1 aromatic rings. The molecule has 5 heteroatoms. The highest BCUT2D eigenvalue weighted by atomic mass is 16.5. The topological polar surface area (TPSA) is 58.6 Å². The molecule has 1 aliphatic heterocycles. The van der Waals surface area contributed by atoms with Crippen LogP contribution in [0.2, 0.25) is 0 Å². The molecule has 126 valence electrons. The van der Waals surface area contributed by atoms with Crippen LogP contribution in [0, 0.1) is 5.92 Å². The quantitative estimate of drug-likeness (QED) is 0.876. The molecule has 1 aromatic carbocycles. The zero-order valence-corrected chi connectivity index (χ0v) is 14.4. The molecular formula is C18H26N2O3. The van der Waals surface area contributed by atoms with Crippen LogP contribution in [-0.2, 0) is 16.1 Å². The van der Waals surface area contributed by atoms with Gasteiger partial charge in [0.25, 0.3) is 0 Å². The maximum absolute atomic E-state index is 12.3. The Balaban J connectivity index is 1.95. The van der Waals surface area contributed by atoms with Crippen molar-refractivity contribution >= 4 is 11.8 Å². The molecule has 0 bridgehead atoms. The number of nitrogens with zero attached hydrogens (tertiary/aromatic N) is 1. The van der Waals surface area contributed by atoms with E-state index in [0.29, 0.717) is 19.5 Å². The Bertz CT molecular complexity index is 566. The van der Waals surface area contributed by atoms with Crippen molar-refractivity contribution in [3.8, 4) is 5.75 Å². The van der Waals surface area contributed by atoms with E-state index in [4.69, 9.17) is 4.74 Å². The standard InChI is InChI=1S/C18H26N2O3/c1-5-18(2,3)19-17(22)14-10-16(21)20(12-14)11-13-6-8-15(23-4)9-7-13/h6-9,14H,5,10-12H2,1-4H3,(H,19,22). The van der Waals surface area contributed by atoms with Crippen LogP contribution in [0.25, 0.3) is 0 Å². The summed E-state index contributed by atoms with van der Waals surface area (Å²) in [6.07, 6.45) is 1.15. The largest absolute Gasteiger partial charge is 0.497 e. The van der Waals surface area contributed by atoms with Crippen LogP contribution < -0.4 is 10.1 Å². The fraction of sp³-hybridized carbons (Fsp3) is 0.556. The van der Waals surface area contributed by atoms with E-state index in [9.17, 15) is 9.59 Å². The molecule has 1 unspecified atom stereocenters. The number of rotatable bonds is 6. The highest BCUT2D eigenvalue weighted by molar-refractivity contribution is 5.89. The average Bonchev–Trinajstić information content (AvgIpc) is 2.89. The second kappa shape index (κ2) is 7.02. The molecule has 1 atom stereocenters. The van der Waals surface area contributed by atoms with Crippen molar-refractivity contribution in [3.63, 3.8) is 0 Å². The van der Waals surface area contributed by atoms with Gasteiger partial charge in [0, 0.05) is 25.0 Å². The Kier molecular flexibility index (Phi) is 5.29. The van der Waals surface area contributed by atoms with Crippen molar-refractivity contribution in [2.45, 2.75) is 45.7 Å². The van der Waals surface area contributed by atoms with E-state index in [0.717, 1.165) is 17.7 Å². The summed E-state index contributed by atoms with van der Waals surface area (Å²) in [4.78, 5) is 26.3. The number of carbonyl (C=O) groups is 2. The van der Waals surface area contributed by atoms with Crippen LogP contribution in [0.4, 0.5) is 0 Å². The highest BCUT2D eigenvalue weighted by Gasteiger charge is 2.35. The molecule has 2 amide bonds. The number of benzene rings is 1. The van der Waals surface area contributed by atoms with Crippen LogP contribution in [0.1, 0.15) is 39.2 Å². The van der Waals surface area contributed by atoms with Gasteiger partial charge in [-0.15, -0.1) is 0 Å². The van der Waals surface area contributed by atoms with E-state index >= 15 is 0 Å². The molecule has 0 aliphatic carbocycles. The molecule has 0 spiro atoms. The average molecular weight is 318 g/mol. The van der Waals surface area contributed by atoms with E-state index in [2.05, 4.69) is 5.32 Å². The number of methoxy groups -OCH3 is 1. The molecule has 5 nitrogen and oxygen atoms in total. The van der Waals surface area contributed by atoms with Gasteiger partial charge in [0.05, 0.1) is 13.0 Å². The number of likely N-dealkylation sites (tertiary alicyclic amines) is 1. The van der Waals surface area contributed by atoms with Crippen molar-refractivity contribution in [1.29, 1.82) is 0 Å². The van der Waals surface area contributed by atoms with Crippen LogP contribution in [0.3, 0.4) is 0 Å². The molecule has 1 saturated heterocycles. The van der Waals surface area contributed by atoms with Crippen LogP contribution >= 0.6 is 0 Å². The minimum atomic E-state index is -0.258. The van der Waals surface area contributed by atoms with Crippen molar-refractivity contribution in [2.75, 3.05) is 13.7 Å². The lowest BCUT2D eigenvalue weighted by atomic mass is 9.99. The first kappa shape index (κ1) is 17.3. The summed E-state index contributed by atoms with van der Waals surface area (Å²) in [5.74, 6) is 0.546. The third kappa shape index (κ3) is 4.47. The molecule has 1 fully saturated rings. The fourth-order valence-electron chi connectivity index (χ4n) is 2.58. The van der Waals surface area contributed by atoms with Crippen molar-refractivity contribution in [1.82, 2.24) is 10.2 Å². The molecule has 1 aliphatic rings. The summed E-state index contributed by atoms with van der Waals surface area (Å²) in [5.41, 5.74) is 0.804. The minimum absolute atomic E-state index is 0.0255. The van der Waals surface area contributed by atoms with Crippen LogP contribution in [-0.4, -0.2) is 35.9 Å². The van der Waals surface area contributed by atoms with Gasteiger partial charge >= 0.3 is 0 Å². The lowest BCUT2D eigenvalue weighted by molar-refractivity contribution is -0.129. The van der Waals surface area contributed by atoms with E-state index < -0.39 is 0 Å². The monoisotopic (exact) mass is 318 g/mol. The molecule has 0 saturated carbocycles. The zero-order chi connectivity index (χ0) is 17.0. The second-order valence-corrected chi connectivity index (χ2v) is 6.75. The Morgan fingerprint density at radius 3 is 2.57 bits per heavy atom. The van der Waals surface area contributed by atoms with Crippen LogP contribution in [0.5, 0.6) is 5.75 Å². The van der Waals surface area contributed by atoms with Crippen molar-refractivity contribution in [3.05, 3.63) is 29.8 Å². The zero-order valence-electron chi connectivity index (χ0n) is 14.4. The van der Waals surface area contributed by atoms with Gasteiger partial charge in [0.1, 0.15) is 5.75 Å². The van der Waals surface area contributed by atoms with E-state index in [1.54, 1.807) is 12.0 Å². The van der Waals surface area contributed by atoms with Gasteiger partial charge in [-0.25, -0.2) is 0 Å². The number of hydrogen-bond donors (Lipinski definition) is 1. The summed E-state index contributed by atoms with van der Waals surface area (Å²) < 4.78 is 5.13. The lowest BCUT2D eigenvalue weighted by Gasteiger charge is -2.26. The highest BCUT2D eigenvalue weighted by Crippen LogP contribution is 2.22. The molecule has 2 rings (SSSR count). The lowest BCUT2D eigenvalue weighted by Crippen LogP contribution is -2.46. The number of carbonyl (C=O) groups excluding carboxylic acids is 2. The molecular weight excluding hydrogens is 292 g/mol. The number of ether oxygens (including phenoxy) is 1. The van der Waals surface area contributed by atoms with Gasteiger partial charge in [-0.05, 0) is 38.0 Å². The first-order valence-corrected chi connectivity index (χ1v) is 8.07. The third-order valence-corrected chi connectivity index (χ3v) is 4.46. The predicted octanol–water partition coefficient (Wildman–Crippen LogP) is 2.35. The van der Waals surface area contributed by atoms with Gasteiger partial charge in [-0.1, -0.05) is 19.1 Å². The predicted molar refractivity (Wildman–Crippen MR) is 89.0 cm³/mol. The maximum atomic E-state index is 12.3. The van der Waals surface area contributed by atoms with Crippen LogP contribution in [0.15, 0.2) is 24.3 Å². The molecule has 0 aromatic heterocycles. The summed E-state index contributed by atoms with van der Waals surface area (Å²) in [5, 5.41) is 3.03.